The van der Waals surface area contributed by atoms with Gasteiger partial charge in [-0.15, -0.1) is 0 Å². The zero-order valence-electron chi connectivity index (χ0n) is 7.55. The Morgan fingerprint density at radius 3 is 2.42 bits per heavy atom. The second kappa shape index (κ2) is 7.93. The van der Waals surface area contributed by atoms with Crippen molar-refractivity contribution in [2.45, 2.75) is 50.7 Å². The molecule has 1 nitrogen and oxygen atoms in total. The van der Waals surface area contributed by atoms with E-state index in [-0.39, 0.29) is 10.5 Å². The Kier molecular flexibility index (Phi) is 8.14. The van der Waals surface area contributed by atoms with Gasteiger partial charge in [0.2, 0.25) is 5.24 Å². The lowest BCUT2D eigenvalue weighted by Crippen LogP contribution is -2.07. The largest absolute Gasteiger partial charge is 0.280 e. The summed E-state index contributed by atoms with van der Waals surface area (Å²) in [7, 11) is 0. The van der Waals surface area contributed by atoms with Gasteiger partial charge in [-0.25, -0.2) is 0 Å². The molecule has 12 heavy (non-hydrogen) atoms. The van der Waals surface area contributed by atoms with Gasteiger partial charge in [0.1, 0.15) is 0 Å². The van der Waals surface area contributed by atoms with Crippen LogP contribution in [0.4, 0.5) is 0 Å². The van der Waals surface area contributed by atoms with Crippen molar-refractivity contribution in [3.8, 4) is 0 Å². The standard InChI is InChI=1S/C9H17ClOS/c1-2-3-4-5-6-7-8(12)9(10)11/h8,12H,2-7H2,1H3. The quantitative estimate of drug-likeness (QED) is 0.386. The molecule has 3 heteroatoms. The van der Waals surface area contributed by atoms with Gasteiger partial charge in [-0.1, -0.05) is 39.0 Å². The van der Waals surface area contributed by atoms with Crippen LogP contribution in [0.2, 0.25) is 0 Å². The molecular weight excluding hydrogens is 192 g/mol. The molecule has 0 N–H and O–H groups in total. The topological polar surface area (TPSA) is 17.1 Å². The molecule has 0 radical (unpaired) electrons. The number of hydrogen-bond acceptors (Lipinski definition) is 2. The van der Waals surface area contributed by atoms with Crippen molar-refractivity contribution in [1.82, 2.24) is 0 Å². The predicted molar refractivity (Wildman–Crippen MR) is 57.0 cm³/mol. The zero-order valence-corrected chi connectivity index (χ0v) is 9.20. The van der Waals surface area contributed by atoms with Crippen molar-refractivity contribution in [3.05, 3.63) is 0 Å². The van der Waals surface area contributed by atoms with Crippen LogP contribution in [-0.4, -0.2) is 10.5 Å². The minimum absolute atomic E-state index is 0.256. The zero-order chi connectivity index (χ0) is 9.40. The smallest absolute Gasteiger partial charge is 0.234 e. The summed E-state index contributed by atoms with van der Waals surface area (Å²) >= 11 is 9.32. The average molecular weight is 209 g/mol. The number of rotatable bonds is 7. The first-order valence-electron chi connectivity index (χ1n) is 4.56. The first-order valence-corrected chi connectivity index (χ1v) is 5.45. The fourth-order valence-corrected chi connectivity index (χ4v) is 1.35. The van der Waals surface area contributed by atoms with Crippen LogP contribution in [0.15, 0.2) is 0 Å². The van der Waals surface area contributed by atoms with Crippen molar-refractivity contribution >= 4 is 29.5 Å². The molecule has 0 fully saturated rings. The third kappa shape index (κ3) is 6.99. The molecule has 0 saturated heterocycles. The summed E-state index contributed by atoms with van der Waals surface area (Å²) in [4.78, 5) is 10.6. The van der Waals surface area contributed by atoms with Crippen LogP contribution in [0.3, 0.4) is 0 Å². The highest BCUT2D eigenvalue weighted by molar-refractivity contribution is 7.82. The Balaban J connectivity index is 3.14. The third-order valence-electron chi connectivity index (χ3n) is 1.84. The van der Waals surface area contributed by atoms with Gasteiger partial charge in [-0.2, -0.15) is 12.6 Å². The summed E-state index contributed by atoms with van der Waals surface area (Å²) in [6.45, 7) is 2.18. The van der Waals surface area contributed by atoms with Crippen molar-refractivity contribution < 1.29 is 4.79 Å². The maximum Gasteiger partial charge on any atom is 0.234 e. The summed E-state index contributed by atoms with van der Waals surface area (Å²) in [6, 6.07) is 0. The van der Waals surface area contributed by atoms with Gasteiger partial charge in [0, 0.05) is 0 Å². The fraction of sp³-hybridized carbons (Fsp3) is 0.889. The maximum atomic E-state index is 10.6. The van der Waals surface area contributed by atoms with E-state index in [1.165, 1.54) is 25.7 Å². The Bertz CT molecular complexity index is 128. The van der Waals surface area contributed by atoms with E-state index < -0.39 is 0 Å². The first-order chi connectivity index (χ1) is 5.68. The van der Waals surface area contributed by atoms with Crippen LogP contribution in [0.1, 0.15) is 45.4 Å². The van der Waals surface area contributed by atoms with Gasteiger partial charge in [0.15, 0.2) is 0 Å². The molecule has 0 aliphatic rings. The maximum absolute atomic E-state index is 10.6. The molecule has 0 aliphatic carbocycles. The highest BCUT2D eigenvalue weighted by Crippen LogP contribution is 2.12. The Hall–Kier alpha value is 0.310. The summed E-state index contributed by atoms with van der Waals surface area (Å²) < 4.78 is 0. The molecular formula is C9H17ClOS. The van der Waals surface area contributed by atoms with Crippen molar-refractivity contribution in [2.75, 3.05) is 0 Å². The molecule has 0 aromatic rings. The van der Waals surface area contributed by atoms with E-state index in [0.29, 0.717) is 0 Å². The lowest BCUT2D eigenvalue weighted by atomic mass is 10.1. The van der Waals surface area contributed by atoms with Crippen molar-refractivity contribution in [3.63, 3.8) is 0 Å². The molecule has 0 aliphatic heterocycles. The molecule has 0 saturated carbocycles. The summed E-state index contributed by atoms with van der Waals surface area (Å²) in [5.41, 5.74) is 0. The van der Waals surface area contributed by atoms with E-state index in [4.69, 9.17) is 11.6 Å². The number of halogens is 1. The summed E-state index contributed by atoms with van der Waals surface area (Å²) in [5, 5.41) is -0.581. The molecule has 1 atom stereocenters. The molecule has 0 bridgehead atoms. The van der Waals surface area contributed by atoms with Gasteiger partial charge in [0.25, 0.3) is 0 Å². The monoisotopic (exact) mass is 208 g/mol. The Labute approximate surface area is 85.3 Å². The van der Waals surface area contributed by atoms with Gasteiger partial charge in [-0.05, 0) is 18.0 Å². The fourth-order valence-electron chi connectivity index (χ4n) is 1.05. The van der Waals surface area contributed by atoms with Gasteiger partial charge >= 0.3 is 0 Å². The number of hydrogen-bond donors (Lipinski definition) is 1. The highest BCUT2D eigenvalue weighted by Gasteiger charge is 2.09. The summed E-state index contributed by atoms with van der Waals surface area (Å²) in [6.07, 6.45) is 6.86. The van der Waals surface area contributed by atoms with Crippen LogP contribution in [0.25, 0.3) is 0 Å². The first kappa shape index (κ1) is 12.3. The molecule has 0 aromatic heterocycles. The minimum atomic E-state index is -0.325. The normalized spacial score (nSPS) is 12.9. The number of unbranched alkanes of at least 4 members (excludes halogenated alkanes) is 4. The lowest BCUT2D eigenvalue weighted by Gasteiger charge is -2.03. The SMILES string of the molecule is CCCCCCCC(S)C(=O)Cl. The molecule has 0 aromatic carbocycles. The van der Waals surface area contributed by atoms with Crippen LogP contribution >= 0.6 is 24.2 Å². The average Bonchev–Trinajstić information content (AvgIpc) is 2.03. The molecule has 0 heterocycles. The van der Waals surface area contributed by atoms with E-state index in [9.17, 15) is 4.79 Å². The molecule has 0 spiro atoms. The number of thiol groups is 1. The molecule has 0 amide bonds. The molecule has 0 rings (SSSR count). The van der Waals surface area contributed by atoms with Gasteiger partial charge in [0.05, 0.1) is 5.25 Å². The second-order valence-electron chi connectivity index (χ2n) is 3.02. The third-order valence-corrected chi connectivity index (χ3v) is 2.75. The second-order valence-corrected chi connectivity index (χ2v) is 4.02. The number of carbonyl (C=O) groups excluding carboxylic acids is 1. The predicted octanol–water partition coefficient (Wildman–Crippen LogP) is 3.41. The van der Waals surface area contributed by atoms with E-state index >= 15 is 0 Å². The van der Waals surface area contributed by atoms with Crippen LogP contribution in [0, 0.1) is 0 Å². The number of carbonyl (C=O) groups is 1. The molecule has 1 unspecified atom stereocenters. The Morgan fingerprint density at radius 2 is 1.92 bits per heavy atom. The van der Waals surface area contributed by atoms with Crippen molar-refractivity contribution in [2.24, 2.45) is 0 Å². The van der Waals surface area contributed by atoms with E-state index in [0.717, 1.165) is 12.8 Å². The Morgan fingerprint density at radius 1 is 1.33 bits per heavy atom. The van der Waals surface area contributed by atoms with Crippen LogP contribution in [-0.2, 0) is 4.79 Å². The van der Waals surface area contributed by atoms with Gasteiger partial charge in [-0.3, -0.25) is 4.79 Å². The van der Waals surface area contributed by atoms with E-state index in [1.807, 2.05) is 0 Å². The lowest BCUT2D eigenvalue weighted by molar-refractivity contribution is -0.111. The van der Waals surface area contributed by atoms with E-state index in [2.05, 4.69) is 19.6 Å². The van der Waals surface area contributed by atoms with Crippen molar-refractivity contribution in [1.29, 1.82) is 0 Å². The minimum Gasteiger partial charge on any atom is -0.280 e. The van der Waals surface area contributed by atoms with Crippen LogP contribution < -0.4 is 0 Å². The highest BCUT2D eigenvalue weighted by atomic mass is 35.5. The van der Waals surface area contributed by atoms with Crippen LogP contribution in [0.5, 0.6) is 0 Å². The van der Waals surface area contributed by atoms with Gasteiger partial charge < -0.3 is 0 Å². The summed E-state index contributed by atoms with van der Waals surface area (Å²) in [5.74, 6) is 0. The molecule has 72 valence electrons. The van der Waals surface area contributed by atoms with E-state index in [1.54, 1.807) is 0 Å².